The number of thiazole rings is 1. The minimum absolute atomic E-state index is 0.0984. The van der Waals surface area contributed by atoms with Gasteiger partial charge in [-0.25, -0.2) is 4.98 Å². The predicted octanol–water partition coefficient (Wildman–Crippen LogP) is 3.14. The highest BCUT2D eigenvalue weighted by Gasteiger charge is 2.32. The molecule has 2 amide bonds. The highest BCUT2D eigenvalue weighted by atomic mass is 32.1. The van der Waals surface area contributed by atoms with E-state index in [0.717, 1.165) is 36.4 Å². The van der Waals surface area contributed by atoms with Gasteiger partial charge in [0.05, 0.1) is 16.7 Å². The minimum atomic E-state index is -0.430. The monoisotopic (exact) mass is 337 g/mol. The van der Waals surface area contributed by atoms with Crippen LogP contribution in [-0.2, 0) is 9.59 Å². The Kier molecular flexibility index (Phi) is 6.16. The van der Waals surface area contributed by atoms with E-state index >= 15 is 0 Å². The molecule has 1 fully saturated rings. The van der Waals surface area contributed by atoms with Crippen LogP contribution < -0.4 is 10.6 Å². The van der Waals surface area contributed by atoms with Gasteiger partial charge in [-0.15, -0.1) is 11.3 Å². The van der Waals surface area contributed by atoms with E-state index in [-0.39, 0.29) is 23.8 Å². The maximum Gasteiger partial charge on any atom is 0.243 e. The summed E-state index contributed by atoms with van der Waals surface area (Å²) in [6, 6.07) is -0.579. The quantitative estimate of drug-likeness (QED) is 0.838. The van der Waals surface area contributed by atoms with E-state index in [4.69, 9.17) is 0 Å². The minimum Gasteiger partial charge on any atom is -0.346 e. The zero-order valence-electron chi connectivity index (χ0n) is 14.4. The lowest BCUT2D eigenvalue weighted by Gasteiger charge is -2.25. The first-order chi connectivity index (χ1) is 10.9. The molecule has 2 atom stereocenters. The summed E-state index contributed by atoms with van der Waals surface area (Å²) in [5.41, 5.74) is 0.889. The second kappa shape index (κ2) is 7.90. The van der Waals surface area contributed by atoms with Crippen molar-refractivity contribution in [3.63, 3.8) is 0 Å². The Labute approximate surface area is 142 Å². The molecule has 1 aromatic heterocycles. The van der Waals surface area contributed by atoms with Crippen LogP contribution in [0.1, 0.15) is 76.0 Å². The van der Waals surface area contributed by atoms with E-state index < -0.39 is 6.04 Å². The average molecular weight is 337 g/mol. The normalized spacial score (nSPS) is 18.0. The largest absolute Gasteiger partial charge is 0.346 e. The van der Waals surface area contributed by atoms with E-state index in [0.29, 0.717) is 5.92 Å². The Hall–Kier alpha value is -1.43. The molecule has 5 nitrogen and oxygen atoms in total. The summed E-state index contributed by atoms with van der Waals surface area (Å²) in [5, 5.41) is 8.94. The van der Waals surface area contributed by atoms with E-state index in [1.54, 1.807) is 11.3 Å². The van der Waals surface area contributed by atoms with Crippen molar-refractivity contribution < 1.29 is 9.59 Å². The number of nitrogens with one attached hydrogen (secondary N) is 2. The molecule has 1 heterocycles. The fraction of sp³-hybridized carbons (Fsp3) is 0.706. The zero-order valence-corrected chi connectivity index (χ0v) is 15.2. The first-order valence-electron chi connectivity index (χ1n) is 8.41. The van der Waals surface area contributed by atoms with E-state index in [1.807, 2.05) is 12.3 Å². The molecule has 0 saturated heterocycles. The van der Waals surface area contributed by atoms with E-state index in [9.17, 15) is 9.59 Å². The van der Waals surface area contributed by atoms with Crippen LogP contribution in [0.2, 0.25) is 0 Å². The third kappa shape index (κ3) is 4.77. The first kappa shape index (κ1) is 17.9. The molecule has 1 aliphatic rings. The van der Waals surface area contributed by atoms with Gasteiger partial charge in [0.25, 0.3) is 0 Å². The van der Waals surface area contributed by atoms with Crippen molar-refractivity contribution in [2.45, 2.75) is 71.4 Å². The standard InChI is InChI=1S/C17H27N3O2S/c1-10(2)17-20-14(9-23-17)11(3)18-16(22)15(19-12(4)21)13-7-5-6-8-13/h9-11,13,15H,5-8H2,1-4H3,(H,18,22)(H,19,21)/t11-,15+/m0/s1. The number of aromatic nitrogens is 1. The maximum absolute atomic E-state index is 12.6. The molecule has 2 rings (SSSR count). The summed E-state index contributed by atoms with van der Waals surface area (Å²) >= 11 is 1.63. The van der Waals surface area contributed by atoms with Crippen LogP contribution >= 0.6 is 11.3 Å². The summed E-state index contributed by atoms with van der Waals surface area (Å²) in [4.78, 5) is 28.7. The second-order valence-corrected chi connectivity index (χ2v) is 7.61. The Balaban J connectivity index is 2.02. The van der Waals surface area contributed by atoms with Crippen molar-refractivity contribution in [3.05, 3.63) is 16.1 Å². The molecule has 2 N–H and O–H groups in total. The lowest BCUT2D eigenvalue weighted by atomic mass is 9.97. The van der Waals surface area contributed by atoms with Gasteiger partial charge >= 0.3 is 0 Å². The number of carbonyl (C=O) groups excluding carboxylic acids is 2. The van der Waals surface area contributed by atoms with Crippen LogP contribution in [-0.4, -0.2) is 22.8 Å². The van der Waals surface area contributed by atoms with Gasteiger partial charge in [0.2, 0.25) is 11.8 Å². The summed E-state index contributed by atoms with van der Waals surface area (Å²) in [5.74, 6) is 0.383. The molecule has 128 valence electrons. The van der Waals surface area contributed by atoms with Crippen LogP contribution in [0, 0.1) is 5.92 Å². The van der Waals surface area contributed by atoms with Crippen molar-refractivity contribution in [2.24, 2.45) is 5.92 Å². The Morgan fingerprint density at radius 2 is 1.87 bits per heavy atom. The Morgan fingerprint density at radius 3 is 2.39 bits per heavy atom. The van der Waals surface area contributed by atoms with Gasteiger partial charge < -0.3 is 10.6 Å². The molecule has 1 aromatic rings. The van der Waals surface area contributed by atoms with Crippen molar-refractivity contribution in [1.29, 1.82) is 0 Å². The van der Waals surface area contributed by atoms with Crippen LogP contribution in [0.15, 0.2) is 5.38 Å². The molecule has 0 aliphatic heterocycles. The molecular weight excluding hydrogens is 310 g/mol. The number of nitrogens with zero attached hydrogens (tertiary/aromatic N) is 1. The lowest BCUT2D eigenvalue weighted by Crippen LogP contribution is -2.50. The predicted molar refractivity (Wildman–Crippen MR) is 92.3 cm³/mol. The highest BCUT2D eigenvalue weighted by Crippen LogP contribution is 2.28. The SMILES string of the molecule is CC(=O)N[C@@H](C(=O)N[C@@H](C)c1csc(C(C)C)n1)C1CCCC1. The fourth-order valence-corrected chi connectivity index (χ4v) is 3.98. The number of hydrogen-bond donors (Lipinski definition) is 2. The topological polar surface area (TPSA) is 71.1 Å². The van der Waals surface area contributed by atoms with Crippen molar-refractivity contribution in [3.8, 4) is 0 Å². The van der Waals surface area contributed by atoms with Crippen molar-refractivity contribution >= 4 is 23.2 Å². The van der Waals surface area contributed by atoms with Crippen LogP contribution in [0.4, 0.5) is 0 Å². The van der Waals surface area contributed by atoms with Crippen molar-refractivity contribution in [2.75, 3.05) is 0 Å². The number of hydrogen-bond acceptors (Lipinski definition) is 4. The van der Waals surface area contributed by atoms with Gasteiger partial charge in [0.15, 0.2) is 0 Å². The summed E-state index contributed by atoms with van der Waals surface area (Å²) in [6.07, 6.45) is 4.27. The molecule has 0 bridgehead atoms. The third-order valence-electron chi connectivity index (χ3n) is 4.35. The molecule has 6 heteroatoms. The maximum atomic E-state index is 12.6. The molecule has 1 aliphatic carbocycles. The highest BCUT2D eigenvalue weighted by molar-refractivity contribution is 7.09. The van der Waals surface area contributed by atoms with Gasteiger partial charge in [-0.2, -0.15) is 0 Å². The Morgan fingerprint density at radius 1 is 1.22 bits per heavy atom. The van der Waals surface area contributed by atoms with Gasteiger partial charge in [-0.05, 0) is 25.7 Å². The van der Waals surface area contributed by atoms with Crippen molar-refractivity contribution in [1.82, 2.24) is 15.6 Å². The van der Waals surface area contributed by atoms with Gasteiger partial charge in [0, 0.05) is 18.2 Å². The average Bonchev–Trinajstić information content (AvgIpc) is 3.15. The van der Waals surface area contributed by atoms with Gasteiger partial charge in [-0.3, -0.25) is 9.59 Å². The number of amides is 2. The molecule has 0 spiro atoms. The third-order valence-corrected chi connectivity index (χ3v) is 5.51. The first-order valence-corrected chi connectivity index (χ1v) is 9.29. The summed E-state index contributed by atoms with van der Waals surface area (Å²) in [7, 11) is 0. The second-order valence-electron chi connectivity index (χ2n) is 6.72. The Bertz CT molecular complexity index is 550. The molecular formula is C17H27N3O2S. The number of rotatable bonds is 6. The smallest absolute Gasteiger partial charge is 0.243 e. The molecule has 23 heavy (non-hydrogen) atoms. The van der Waals surface area contributed by atoms with Gasteiger partial charge in [0.1, 0.15) is 6.04 Å². The van der Waals surface area contributed by atoms with Crippen LogP contribution in [0.5, 0.6) is 0 Å². The molecule has 0 radical (unpaired) electrons. The van der Waals surface area contributed by atoms with E-state index in [1.165, 1.54) is 6.92 Å². The van der Waals surface area contributed by atoms with Crippen LogP contribution in [0.25, 0.3) is 0 Å². The van der Waals surface area contributed by atoms with Gasteiger partial charge in [-0.1, -0.05) is 26.7 Å². The molecule has 1 saturated carbocycles. The number of carbonyl (C=O) groups is 2. The molecule has 0 unspecified atom stereocenters. The molecule has 0 aromatic carbocycles. The van der Waals surface area contributed by atoms with E-state index in [2.05, 4.69) is 29.5 Å². The summed E-state index contributed by atoms with van der Waals surface area (Å²) in [6.45, 7) is 7.63. The zero-order chi connectivity index (χ0) is 17.0. The lowest BCUT2D eigenvalue weighted by molar-refractivity contribution is -0.129. The fourth-order valence-electron chi connectivity index (χ4n) is 3.05. The van der Waals surface area contributed by atoms with Crippen LogP contribution in [0.3, 0.4) is 0 Å². The summed E-state index contributed by atoms with van der Waals surface area (Å²) < 4.78 is 0.